The van der Waals surface area contributed by atoms with Gasteiger partial charge in [0.15, 0.2) is 12.5 Å². The number of fused-ring (bicyclic) bond motifs is 1. The Labute approximate surface area is 164 Å². The summed E-state index contributed by atoms with van der Waals surface area (Å²) < 4.78 is 11.5. The van der Waals surface area contributed by atoms with Gasteiger partial charge in [0, 0.05) is 18.5 Å². The van der Waals surface area contributed by atoms with Crippen molar-refractivity contribution < 1.29 is 14.3 Å². The standard InChI is InChI=1S/C21H23ClN2O3/c1-13-5-6-15(10-23-13)8-16-9-18-20(19(22)14(16)2)27-12-24(21(18)25)11-17-4-3-7-26-17/h5-6,9-10,17H,3-4,7-8,11-12H2,1-2H3. The third-order valence-electron chi connectivity index (χ3n) is 5.27. The number of rotatable bonds is 4. The van der Waals surface area contributed by atoms with Crippen LogP contribution in [-0.4, -0.2) is 41.8 Å². The predicted molar refractivity (Wildman–Crippen MR) is 103 cm³/mol. The van der Waals surface area contributed by atoms with Crippen LogP contribution in [0.1, 0.15) is 45.6 Å². The lowest BCUT2D eigenvalue weighted by molar-refractivity contribution is 0.0261. The number of halogens is 1. The van der Waals surface area contributed by atoms with E-state index in [0.717, 1.165) is 41.8 Å². The van der Waals surface area contributed by atoms with Gasteiger partial charge in [-0.2, -0.15) is 0 Å². The summed E-state index contributed by atoms with van der Waals surface area (Å²) >= 11 is 6.56. The molecule has 1 saturated heterocycles. The maximum atomic E-state index is 13.0. The van der Waals surface area contributed by atoms with Crippen molar-refractivity contribution in [3.8, 4) is 5.75 Å². The molecule has 1 unspecified atom stereocenters. The number of hydrogen-bond acceptors (Lipinski definition) is 4. The van der Waals surface area contributed by atoms with E-state index in [-0.39, 0.29) is 18.7 Å². The molecule has 0 bridgehead atoms. The average Bonchev–Trinajstić information content (AvgIpc) is 3.17. The summed E-state index contributed by atoms with van der Waals surface area (Å²) in [6, 6.07) is 5.96. The SMILES string of the molecule is Cc1ccc(Cc2cc3c(c(Cl)c2C)OCN(CC2CCCO2)C3=O)cn1. The summed E-state index contributed by atoms with van der Waals surface area (Å²) in [4.78, 5) is 19.1. The summed E-state index contributed by atoms with van der Waals surface area (Å²) in [7, 11) is 0. The Morgan fingerprint density at radius 3 is 2.89 bits per heavy atom. The number of aromatic nitrogens is 1. The van der Waals surface area contributed by atoms with Crippen molar-refractivity contribution in [1.82, 2.24) is 9.88 Å². The highest BCUT2D eigenvalue weighted by atomic mass is 35.5. The fourth-order valence-electron chi connectivity index (χ4n) is 3.63. The van der Waals surface area contributed by atoms with E-state index in [1.54, 1.807) is 4.90 Å². The minimum absolute atomic E-state index is 0.0445. The van der Waals surface area contributed by atoms with Gasteiger partial charge in [-0.05, 0) is 61.9 Å². The molecule has 1 amide bonds. The second-order valence-corrected chi connectivity index (χ2v) is 7.65. The van der Waals surface area contributed by atoms with E-state index in [9.17, 15) is 4.79 Å². The molecular weight excluding hydrogens is 364 g/mol. The first-order chi connectivity index (χ1) is 13.0. The maximum Gasteiger partial charge on any atom is 0.260 e. The summed E-state index contributed by atoms with van der Waals surface area (Å²) in [5.74, 6) is 0.450. The molecule has 0 aliphatic carbocycles. The lowest BCUT2D eigenvalue weighted by atomic mass is 9.97. The number of carbonyl (C=O) groups is 1. The number of carbonyl (C=O) groups excluding carboxylic acids is 1. The largest absolute Gasteiger partial charge is 0.471 e. The number of amides is 1. The Hall–Kier alpha value is -2.11. The van der Waals surface area contributed by atoms with Crippen LogP contribution in [0, 0.1) is 13.8 Å². The van der Waals surface area contributed by atoms with Gasteiger partial charge in [-0.3, -0.25) is 9.78 Å². The number of hydrogen-bond donors (Lipinski definition) is 0. The molecule has 1 atom stereocenters. The van der Waals surface area contributed by atoms with Crippen LogP contribution in [-0.2, 0) is 11.2 Å². The van der Waals surface area contributed by atoms with Crippen LogP contribution in [0.5, 0.6) is 5.75 Å². The van der Waals surface area contributed by atoms with Crippen LogP contribution in [0.4, 0.5) is 0 Å². The molecular formula is C21H23ClN2O3. The minimum atomic E-state index is -0.0445. The predicted octanol–water partition coefficient (Wildman–Crippen LogP) is 3.91. The first-order valence-electron chi connectivity index (χ1n) is 9.30. The highest BCUT2D eigenvalue weighted by Gasteiger charge is 2.31. The number of aryl methyl sites for hydroxylation is 1. The summed E-state index contributed by atoms with van der Waals surface area (Å²) in [6.07, 6.45) is 4.66. The van der Waals surface area contributed by atoms with E-state index in [1.165, 1.54) is 0 Å². The topological polar surface area (TPSA) is 51.7 Å². The molecule has 2 aliphatic rings. The van der Waals surface area contributed by atoms with Crippen molar-refractivity contribution >= 4 is 17.5 Å². The molecule has 2 aromatic rings. The van der Waals surface area contributed by atoms with E-state index in [1.807, 2.05) is 32.2 Å². The van der Waals surface area contributed by atoms with E-state index in [0.29, 0.717) is 29.3 Å². The zero-order chi connectivity index (χ0) is 19.0. The van der Waals surface area contributed by atoms with Crippen molar-refractivity contribution in [2.75, 3.05) is 19.9 Å². The Kier molecular flexibility index (Phi) is 5.06. The Morgan fingerprint density at radius 2 is 2.19 bits per heavy atom. The smallest absolute Gasteiger partial charge is 0.260 e. The third-order valence-corrected chi connectivity index (χ3v) is 5.73. The fourth-order valence-corrected chi connectivity index (χ4v) is 3.90. The fraction of sp³-hybridized carbons (Fsp3) is 0.429. The quantitative estimate of drug-likeness (QED) is 0.799. The van der Waals surface area contributed by atoms with Gasteiger partial charge in [-0.25, -0.2) is 0 Å². The minimum Gasteiger partial charge on any atom is -0.471 e. The average molecular weight is 387 g/mol. The molecule has 6 heteroatoms. The van der Waals surface area contributed by atoms with Gasteiger partial charge in [0.1, 0.15) is 0 Å². The summed E-state index contributed by atoms with van der Waals surface area (Å²) in [5, 5.41) is 0.521. The molecule has 1 aromatic carbocycles. The van der Waals surface area contributed by atoms with Crippen LogP contribution >= 0.6 is 11.6 Å². The van der Waals surface area contributed by atoms with Crippen LogP contribution < -0.4 is 4.74 Å². The number of pyridine rings is 1. The second kappa shape index (κ2) is 7.49. The summed E-state index contributed by atoms with van der Waals surface area (Å²) in [5.41, 5.74) is 4.55. The van der Waals surface area contributed by atoms with Gasteiger partial charge in [0.25, 0.3) is 5.91 Å². The van der Waals surface area contributed by atoms with Crippen molar-refractivity contribution in [3.63, 3.8) is 0 Å². The first kappa shape index (κ1) is 18.3. The number of benzene rings is 1. The van der Waals surface area contributed by atoms with Gasteiger partial charge in [-0.15, -0.1) is 0 Å². The molecule has 0 spiro atoms. The Morgan fingerprint density at radius 1 is 1.33 bits per heavy atom. The first-order valence-corrected chi connectivity index (χ1v) is 9.68. The van der Waals surface area contributed by atoms with Crippen molar-refractivity contribution in [2.24, 2.45) is 0 Å². The molecule has 0 N–H and O–H groups in total. The highest BCUT2D eigenvalue weighted by molar-refractivity contribution is 6.33. The Balaban J connectivity index is 1.62. The molecule has 4 rings (SSSR count). The maximum absolute atomic E-state index is 13.0. The van der Waals surface area contributed by atoms with E-state index < -0.39 is 0 Å². The van der Waals surface area contributed by atoms with Gasteiger partial charge in [0.2, 0.25) is 0 Å². The van der Waals surface area contributed by atoms with Crippen molar-refractivity contribution in [3.05, 3.63) is 57.4 Å². The van der Waals surface area contributed by atoms with Crippen LogP contribution in [0.2, 0.25) is 5.02 Å². The van der Waals surface area contributed by atoms with Gasteiger partial charge in [0.05, 0.1) is 23.2 Å². The molecule has 2 aliphatic heterocycles. The number of ether oxygens (including phenoxy) is 2. The summed E-state index contributed by atoms with van der Waals surface area (Å²) in [6.45, 7) is 5.46. The molecule has 27 heavy (non-hydrogen) atoms. The Bertz CT molecular complexity index is 861. The van der Waals surface area contributed by atoms with Gasteiger partial charge in [-0.1, -0.05) is 17.7 Å². The van der Waals surface area contributed by atoms with E-state index in [2.05, 4.69) is 11.1 Å². The molecule has 142 valence electrons. The van der Waals surface area contributed by atoms with Crippen LogP contribution in [0.25, 0.3) is 0 Å². The molecule has 3 heterocycles. The lowest BCUT2D eigenvalue weighted by Crippen LogP contribution is -2.43. The second-order valence-electron chi connectivity index (χ2n) is 7.27. The van der Waals surface area contributed by atoms with E-state index in [4.69, 9.17) is 21.1 Å². The van der Waals surface area contributed by atoms with Crippen LogP contribution in [0.15, 0.2) is 24.4 Å². The lowest BCUT2D eigenvalue weighted by Gasteiger charge is -2.31. The van der Waals surface area contributed by atoms with Crippen molar-refractivity contribution in [1.29, 1.82) is 0 Å². The molecule has 1 aromatic heterocycles. The molecule has 1 fully saturated rings. The molecule has 5 nitrogen and oxygen atoms in total. The third kappa shape index (κ3) is 3.66. The van der Waals surface area contributed by atoms with Crippen LogP contribution in [0.3, 0.4) is 0 Å². The monoisotopic (exact) mass is 386 g/mol. The molecule has 0 saturated carbocycles. The van der Waals surface area contributed by atoms with Crippen molar-refractivity contribution in [2.45, 2.75) is 39.2 Å². The highest BCUT2D eigenvalue weighted by Crippen LogP contribution is 2.38. The molecule has 0 radical (unpaired) electrons. The zero-order valence-electron chi connectivity index (χ0n) is 15.6. The van der Waals surface area contributed by atoms with E-state index >= 15 is 0 Å². The van der Waals surface area contributed by atoms with Gasteiger partial charge >= 0.3 is 0 Å². The normalized spacial score (nSPS) is 19.1. The number of nitrogens with zero attached hydrogens (tertiary/aromatic N) is 2. The zero-order valence-corrected chi connectivity index (χ0v) is 16.4. The van der Waals surface area contributed by atoms with Gasteiger partial charge < -0.3 is 14.4 Å².